The zero-order valence-corrected chi connectivity index (χ0v) is 45.0. The van der Waals surface area contributed by atoms with E-state index in [1.54, 1.807) is 82.3 Å². The highest BCUT2D eigenvalue weighted by molar-refractivity contribution is 5.98. The molecule has 3 aromatic rings. The van der Waals surface area contributed by atoms with Crippen molar-refractivity contribution in [1.29, 1.82) is 0 Å². The highest BCUT2D eigenvalue weighted by atomic mass is 16.3. The molecule has 0 unspecified atom stereocenters. The van der Waals surface area contributed by atoms with E-state index in [9.17, 15) is 53.4 Å². The smallest absolute Gasteiger partial charge is 0.246 e. The number of amides is 8. The lowest BCUT2D eigenvalue weighted by Gasteiger charge is -2.31. The Morgan fingerprint density at radius 3 is 1.61 bits per heavy atom. The largest absolute Gasteiger partial charge is 0.508 e. The van der Waals surface area contributed by atoms with Crippen LogP contribution in [-0.4, -0.2) is 130 Å². The molecule has 20 nitrogen and oxygen atoms in total. The number of hydrogen-bond acceptors (Lipinski definition) is 12. The van der Waals surface area contributed by atoms with Crippen LogP contribution >= 0.6 is 0 Å². The Balaban J connectivity index is 1.52. The van der Waals surface area contributed by atoms with Gasteiger partial charge < -0.3 is 62.9 Å². The molecule has 20 heteroatoms. The highest BCUT2D eigenvalue weighted by Gasteiger charge is 2.40. The maximum absolute atomic E-state index is 14.6. The normalized spacial score (nSPS) is 16.1. The fourth-order valence-corrected chi connectivity index (χ4v) is 8.78. The number of rotatable bonds is 28. The number of nitrogens with one attached hydrogen (secondary N) is 7. The molecule has 8 atom stereocenters. The van der Waals surface area contributed by atoms with Gasteiger partial charge in [-0.2, -0.15) is 0 Å². The van der Waals surface area contributed by atoms with Crippen LogP contribution in [0, 0.1) is 23.7 Å². The van der Waals surface area contributed by atoms with Crippen LogP contribution in [0.4, 0.5) is 0 Å². The topological polar surface area (TPSA) is 308 Å². The molecule has 0 aromatic heterocycles. The second-order valence-electron chi connectivity index (χ2n) is 21.2. The van der Waals surface area contributed by atoms with Crippen LogP contribution in [-0.2, 0) is 62.4 Å². The molecule has 0 saturated carbocycles. The van der Waals surface area contributed by atoms with Crippen molar-refractivity contribution in [2.75, 3.05) is 13.1 Å². The summed E-state index contributed by atoms with van der Waals surface area (Å²) in [7, 11) is 0. The van der Waals surface area contributed by atoms with E-state index in [2.05, 4.69) is 37.2 Å². The van der Waals surface area contributed by atoms with E-state index in [4.69, 9.17) is 5.73 Å². The van der Waals surface area contributed by atoms with Gasteiger partial charge in [-0.15, -0.1) is 0 Å². The monoisotopic (exact) mass is 1050 g/mol. The Morgan fingerprint density at radius 2 is 1.08 bits per heavy atom. The van der Waals surface area contributed by atoms with Crippen molar-refractivity contribution in [2.24, 2.45) is 29.4 Å². The summed E-state index contributed by atoms with van der Waals surface area (Å²) in [6, 6.07) is 12.3. The zero-order valence-electron chi connectivity index (χ0n) is 45.0. The van der Waals surface area contributed by atoms with E-state index in [-0.39, 0.29) is 67.9 Å². The van der Waals surface area contributed by atoms with E-state index in [0.29, 0.717) is 35.8 Å². The molecule has 76 heavy (non-hydrogen) atoms. The van der Waals surface area contributed by atoms with Gasteiger partial charge in [0.25, 0.3) is 0 Å². The first-order chi connectivity index (χ1) is 35.9. The third-order valence-electron chi connectivity index (χ3n) is 13.0. The number of phenolic OH excluding ortho intramolecular Hbond substituents is 2. The second kappa shape index (κ2) is 29.7. The predicted molar refractivity (Wildman–Crippen MR) is 286 cm³/mol. The van der Waals surface area contributed by atoms with Gasteiger partial charge >= 0.3 is 0 Å². The van der Waals surface area contributed by atoms with Gasteiger partial charge in [0.05, 0.1) is 18.6 Å². The number of carbonyl (C=O) groups excluding carboxylic acids is 9. The summed E-state index contributed by atoms with van der Waals surface area (Å²) in [6.45, 7) is 14.1. The van der Waals surface area contributed by atoms with Crippen LogP contribution in [0.3, 0.4) is 0 Å². The van der Waals surface area contributed by atoms with Crippen LogP contribution in [0.15, 0.2) is 78.9 Å². The third kappa shape index (κ3) is 19.4. The maximum atomic E-state index is 14.6. The molecular weight excluding hydrogens is 975 g/mol. The summed E-state index contributed by atoms with van der Waals surface area (Å²) >= 11 is 0. The highest BCUT2D eigenvalue weighted by Crippen LogP contribution is 2.22. The Kier molecular flexibility index (Phi) is 23.9. The molecule has 8 amide bonds. The molecule has 3 aromatic carbocycles. The first-order valence-electron chi connectivity index (χ1n) is 26.2. The number of benzene rings is 3. The van der Waals surface area contributed by atoms with E-state index >= 15 is 0 Å². The predicted octanol–water partition coefficient (Wildman–Crippen LogP) is 2.07. The van der Waals surface area contributed by atoms with Gasteiger partial charge in [0, 0.05) is 25.8 Å². The molecule has 1 heterocycles. The van der Waals surface area contributed by atoms with Crippen molar-refractivity contribution in [3.05, 3.63) is 95.6 Å². The molecule has 1 fully saturated rings. The molecule has 0 spiro atoms. The number of phenols is 2. The van der Waals surface area contributed by atoms with Gasteiger partial charge in [-0.1, -0.05) is 110 Å². The quantitative estimate of drug-likeness (QED) is 0.0468. The van der Waals surface area contributed by atoms with E-state index < -0.39 is 108 Å². The van der Waals surface area contributed by atoms with Gasteiger partial charge in [0.2, 0.25) is 47.3 Å². The summed E-state index contributed by atoms with van der Waals surface area (Å²) < 4.78 is 0. The number of aromatic hydroxyl groups is 2. The van der Waals surface area contributed by atoms with Gasteiger partial charge in [-0.25, -0.2) is 0 Å². The van der Waals surface area contributed by atoms with Gasteiger partial charge in [0.1, 0.15) is 54.0 Å². The first kappa shape index (κ1) is 61.2. The fourth-order valence-electron chi connectivity index (χ4n) is 8.78. The molecular formula is C56H79N9O11. The number of hydrogen-bond donors (Lipinski definition) is 10. The molecule has 0 bridgehead atoms. The van der Waals surface area contributed by atoms with Gasteiger partial charge in [-0.05, 0) is 90.3 Å². The third-order valence-corrected chi connectivity index (χ3v) is 13.0. The fraction of sp³-hybridized carbons (Fsp3) is 0.518. The van der Waals surface area contributed by atoms with Crippen molar-refractivity contribution < 1.29 is 53.4 Å². The molecule has 4 rings (SSSR count). The Bertz CT molecular complexity index is 2430. The minimum absolute atomic E-state index is 0.00106. The summed E-state index contributed by atoms with van der Waals surface area (Å²) in [6.07, 6.45) is 1.83. The molecule has 1 aliphatic rings. The lowest BCUT2D eigenvalue weighted by Crippen LogP contribution is -2.60. The van der Waals surface area contributed by atoms with Gasteiger partial charge in [-0.3, -0.25) is 38.4 Å². The molecule has 414 valence electrons. The average molecular weight is 1050 g/mol. The summed E-state index contributed by atoms with van der Waals surface area (Å²) in [4.78, 5) is 124. The summed E-state index contributed by atoms with van der Waals surface area (Å²) in [5.41, 5.74) is 7.99. The zero-order chi connectivity index (χ0) is 56.2. The average Bonchev–Trinajstić information content (AvgIpc) is 3.87. The number of aldehydes is 1. The molecule has 0 radical (unpaired) electrons. The SMILES string of the molecule is CC(C)C[C@H](NC(=O)[C@@H](N)CC(C)C)C(=O)N[C@@H](Cc1ccccc1)C(=O)NCC(=O)N[C@@H](Cc1ccc(O)cc1)C(=O)N1CCC[C@H]1C(=O)N[C@H](C(=O)N[C@@H](Cc1ccc(O)cc1)C(=O)N[C@H](C=O)C(C)C)C(C)C. The molecule has 1 saturated heterocycles. The van der Waals surface area contributed by atoms with Crippen molar-refractivity contribution >= 4 is 53.5 Å². The van der Waals surface area contributed by atoms with Crippen molar-refractivity contribution in [3.63, 3.8) is 0 Å². The Labute approximate surface area is 445 Å². The Morgan fingerprint density at radius 1 is 0.579 bits per heavy atom. The number of likely N-dealkylation sites (tertiary alicyclic amines) is 1. The van der Waals surface area contributed by atoms with Crippen molar-refractivity contribution in [1.82, 2.24) is 42.1 Å². The number of nitrogens with zero attached hydrogens (tertiary/aromatic N) is 1. The van der Waals surface area contributed by atoms with E-state index in [0.717, 1.165) is 0 Å². The van der Waals surface area contributed by atoms with Crippen LogP contribution < -0.4 is 43.0 Å². The van der Waals surface area contributed by atoms with Crippen molar-refractivity contribution in [2.45, 2.75) is 149 Å². The van der Waals surface area contributed by atoms with Crippen LogP contribution in [0.25, 0.3) is 0 Å². The molecule has 0 aliphatic carbocycles. The standard InChI is InChI=1S/C56H79N9O11/c1-32(2)25-41(57)50(70)60-42(26-33(3)4)52(72)61-43(27-36-13-10-9-11-14-36)51(71)58-30-48(69)59-45(29-38-18-22-40(68)23-19-38)56(76)65-24-12-15-47(65)54(74)64-49(35(7)8)55(75)62-44(28-37-16-20-39(67)21-17-37)53(73)63-46(31-66)34(5)6/h9-11,13-14,16-23,31-35,41-47,49,67-68H,12,15,24-30,57H2,1-8H3,(H,58,71)(H,59,69)(H,60,70)(H,61,72)(H,62,75)(H,63,73)(H,64,74)/t41-,42-,43-,44-,45-,46+,47-,49-/m0/s1. The number of carbonyl (C=O) groups is 9. The summed E-state index contributed by atoms with van der Waals surface area (Å²) in [5.74, 6) is -5.88. The Hall–Kier alpha value is -7.35. The maximum Gasteiger partial charge on any atom is 0.246 e. The number of nitrogens with two attached hydrogens (primary N) is 1. The molecule has 1 aliphatic heterocycles. The van der Waals surface area contributed by atoms with Gasteiger partial charge in [0.15, 0.2) is 0 Å². The van der Waals surface area contributed by atoms with E-state index in [1.165, 1.54) is 29.2 Å². The van der Waals surface area contributed by atoms with E-state index in [1.807, 2.05) is 27.7 Å². The second-order valence-corrected chi connectivity index (χ2v) is 21.2. The lowest BCUT2D eigenvalue weighted by molar-refractivity contribution is -0.142. The van der Waals surface area contributed by atoms with Crippen molar-refractivity contribution in [3.8, 4) is 11.5 Å². The van der Waals surface area contributed by atoms with Crippen LogP contribution in [0.5, 0.6) is 11.5 Å². The minimum atomic E-state index is -1.28. The van der Waals surface area contributed by atoms with Crippen LogP contribution in [0.1, 0.15) is 97.8 Å². The molecule has 11 N–H and O–H groups in total. The lowest BCUT2D eigenvalue weighted by atomic mass is 9.99. The van der Waals surface area contributed by atoms with Crippen LogP contribution in [0.2, 0.25) is 0 Å². The summed E-state index contributed by atoms with van der Waals surface area (Å²) in [5, 5.41) is 38.9. The first-order valence-corrected chi connectivity index (χ1v) is 26.2. The minimum Gasteiger partial charge on any atom is -0.508 e.